The number of unbranched alkanes of at least 4 members (excludes halogenated alkanes) is 1. The SMILES string of the molecule is CCCCN1CCn2c1nc(C(=O)NCc1ccc(F)cc1-n1cnc(C)n1)c(O)c2=O. The van der Waals surface area contributed by atoms with Crippen molar-refractivity contribution in [3.05, 3.63) is 57.8 Å². The summed E-state index contributed by atoms with van der Waals surface area (Å²) in [6.45, 7) is 5.51. The molecule has 168 valence electrons. The molecule has 3 heterocycles. The number of aromatic hydroxyl groups is 1. The van der Waals surface area contributed by atoms with Crippen LogP contribution >= 0.6 is 0 Å². The summed E-state index contributed by atoms with van der Waals surface area (Å²) in [5.74, 6) is -0.942. The van der Waals surface area contributed by atoms with Crippen LogP contribution in [0, 0.1) is 12.7 Å². The highest BCUT2D eigenvalue weighted by atomic mass is 19.1. The van der Waals surface area contributed by atoms with E-state index in [1.807, 2.05) is 4.90 Å². The number of carbonyl (C=O) groups is 1. The molecule has 1 aliphatic heterocycles. The van der Waals surface area contributed by atoms with Gasteiger partial charge in [-0.2, -0.15) is 5.10 Å². The van der Waals surface area contributed by atoms with Gasteiger partial charge < -0.3 is 15.3 Å². The number of fused-ring (bicyclic) bond motifs is 1. The van der Waals surface area contributed by atoms with Crippen molar-refractivity contribution in [2.75, 3.05) is 18.0 Å². The molecule has 1 aliphatic rings. The first-order valence-corrected chi connectivity index (χ1v) is 10.4. The molecule has 11 heteroatoms. The first-order valence-electron chi connectivity index (χ1n) is 10.4. The minimum Gasteiger partial charge on any atom is -0.501 e. The van der Waals surface area contributed by atoms with E-state index in [4.69, 9.17) is 0 Å². The number of hydrogen-bond donors (Lipinski definition) is 2. The minimum atomic E-state index is -0.699. The molecule has 0 fully saturated rings. The average molecular weight is 441 g/mol. The van der Waals surface area contributed by atoms with Gasteiger partial charge in [0, 0.05) is 26.2 Å². The fourth-order valence-corrected chi connectivity index (χ4v) is 3.64. The van der Waals surface area contributed by atoms with Gasteiger partial charge in [0.05, 0.1) is 5.69 Å². The molecular weight excluding hydrogens is 417 g/mol. The molecule has 1 amide bonds. The Hall–Kier alpha value is -3.76. The van der Waals surface area contributed by atoms with Gasteiger partial charge in [0.1, 0.15) is 18.0 Å². The molecule has 0 atom stereocenters. The predicted octanol–water partition coefficient (Wildman–Crippen LogP) is 1.53. The molecule has 2 N–H and O–H groups in total. The zero-order valence-corrected chi connectivity index (χ0v) is 17.9. The summed E-state index contributed by atoms with van der Waals surface area (Å²) in [7, 11) is 0. The second-order valence-corrected chi connectivity index (χ2v) is 7.60. The van der Waals surface area contributed by atoms with Crippen LogP contribution in [0.3, 0.4) is 0 Å². The lowest BCUT2D eigenvalue weighted by Gasteiger charge is -2.17. The van der Waals surface area contributed by atoms with Crippen LogP contribution in [0.2, 0.25) is 0 Å². The molecule has 32 heavy (non-hydrogen) atoms. The second-order valence-electron chi connectivity index (χ2n) is 7.60. The number of aromatic nitrogens is 5. The van der Waals surface area contributed by atoms with Crippen LogP contribution in [0.4, 0.5) is 10.3 Å². The van der Waals surface area contributed by atoms with Crippen LogP contribution in [0.5, 0.6) is 5.75 Å². The average Bonchev–Trinajstić information content (AvgIpc) is 3.39. The van der Waals surface area contributed by atoms with E-state index in [-0.39, 0.29) is 12.2 Å². The third kappa shape index (κ3) is 4.05. The van der Waals surface area contributed by atoms with Crippen LogP contribution in [-0.2, 0) is 13.1 Å². The highest BCUT2D eigenvalue weighted by molar-refractivity contribution is 5.95. The lowest BCUT2D eigenvalue weighted by atomic mass is 10.1. The van der Waals surface area contributed by atoms with Crippen LogP contribution in [-0.4, -0.2) is 48.4 Å². The van der Waals surface area contributed by atoms with E-state index in [9.17, 15) is 19.1 Å². The Labute approximate surface area is 183 Å². The topological polar surface area (TPSA) is 118 Å². The van der Waals surface area contributed by atoms with Crippen LogP contribution in [0.15, 0.2) is 29.3 Å². The lowest BCUT2D eigenvalue weighted by molar-refractivity contribution is 0.0942. The third-order valence-corrected chi connectivity index (χ3v) is 5.34. The Kier molecular flexibility index (Phi) is 5.89. The maximum Gasteiger partial charge on any atom is 0.298 e. The molecule has 2 aromatic heterocycles. The van der Waals surface area contributed by atoms with Crippen molar-refractivity contribution in [2.24, 2.45) is 0 Å². The van der Waals surface area contributed by atoms with Crippen LogP contribution in [0.1, 0.15) is 41.6 Å². The molecule has 0 bridgehead atoms. The van der Waals surface area contributed by atoms with Gasteiger partial charge in [-0.3, -0.25) is 14.2 Å². The Bertz CT molecular complexity index is 1220. The molecule has 0 unspecified atom stereocenters. The van der Waals surface area contributed by atoms with Gasteiger partial charge in [0.2, 0.25) is 11.7 Å². The van der Waals surface area contributed by atoms with Crippen molar-refractivity contribution >= 4 is 11.9 Å². The molecular formula is C21H24FN7O3. The largest absolute Gasteiger partial charge is 0.501 e. The van der Waals surface area contributed by atoms with Crippen LogP contribution < -0.4 is 15.8 Å². The summed E-state index contributed by atoms with van der Waals surface area (Å²) in [6, 6.07) is 4.09. The second kappa shape index (κ2) is 8.77. The summed E-state index contributed by atoms with van der Waals surface area (Å²) in [6.07, 6.45) is 3.36. The fraction of sp³-hybridized carbons (Fsp3) is 0.381. The third-order valence-electron chi connectivity index (χ3n) is 5.34. The van der Waals surface area contributed by atoms with E-state index in [1.54, 1.807) is 6.92 Å². The van der Waals surface area contributed by atoms with E-state index < -0.39 is 23.0 Å². The summed E-state index contributed by atoms with van der Waals surface area (Å²) < 4.78 is 16.6. The molecule has 4 rings (SSSR count). The molecule has 0 saturated carbocycles. The summed E-state index contributed by atoms with van der Waals surface area (Å²) in [5.41, 5.74) is 0.0269. The van der Waals surface area contributed by atoms with Gasteiger partial charge >= 0.3 is 0 Å². The zero-order chi connectivity index (χ0) is 22.8. The molecule has 1 aromatic carbocycles. The summed E-state index contributed by atoms with van der Waals surface area (Å²) in [5, 5.41) is 17.2. The molecule has 10 nitrogen and oxygen atoms in total. The minimum absolute atomic E-state index is 0.00639. The molecule has 0 radical (unpaired) electrons. The molecule has 0 spiro atoms. The van der Waals surface area contributed by atoms with Crippen molar-refractivity contribution < 1.29 is 14.3 Å². The highest BCUT2D eigenvalue weighted by Gasteiger charge is 2.27. The van der Waals surface area contributed by atoms with E-state index in [2.05, 4.69) is 27.3 Å². The number of hydrogen-bond acceptors (Lipinski definition) is 7. The molecule has 0 saturated heterocycles. The number of aryl methyl sites for hydroxylation is 1. The first-order chi connectivity index (χ1) is 15.4. The van der Waals surface area contributed by atoms with Gasteiger partial charge in [-0.15, -0.1) is 0 Å². The van der Waals surface area contributed by atoms with E-state index in [1.165, 1.54) is 33.8 Å². The monoisotopic (exact) mass is 441 g/mol. The van der Waals surface area contributed by atoms with Gasteiger partial charge in [0.15, 0.2) is 5.69 Å². The van der Waals surface area contributed by atoms with Gasteiger partial charge in [0.25, 0.3) is 11.5 Å². The number of anilines is 1. The van der Waals surface area contributed by atoms with Crippen molar-refractivity contribution in [2.45, 2.75) is 39.8 Å². The Balaban J connectivity index is 1.58. The van der Waals surface area contributed by atoms with E-state index >= 15 is 0 Å². The van der Waals surface area contributed by atoms with Crippen molar-refractivity contribution in [1.82, 2.24) is 29.6 Å². The maximum atomic E-state index is 13.8. The van der Waals surface area contributed by atoms with Crippen LogP contribution in [0.25, 0.3) is 5.69 Å². The zero-order valence-electron chi connectivity index (χ0n) is 17.9. The van der Waals surface area contributed by atoms with Crippen molar-refractivity contribution in [3.8, 4) is 11.4 Å². The standard InChI is InChI=1S/C21H24FN7O3/c1-3-4-7-27-8-9-28-20(32)18(30)17(25-21(27)28)19(31)23-11-14-5-6-15(22)10-16(14)29-12-24-13(2)26-29/h5-6,10,12,30H,3-4,7-9,11H2,1-2H3,(H,23,31). The number of carbonyl (C=O) groups excluding carboxylic acids is 1. The van der Waals surface area contributed by atoms with Crippen molar-refractivity contribution in [3.63, 3.8) is 0 Å². The summed E-state index contributed by atoms with van der Waals surface area (Å²) >= 11 is 0. The fourth-order valence-electron chi connectivity index (χ4n) is 3.64. The quantitative estimate of drug-likeness (QED) is 0.571. The number of halogens is 1. The van der Waals surface area contributed by atoms with Gasteiger partial charge in [-0.1, -0.05) is 19.4 Å². The number of benzene rings is 1. The van der Waals surface area contributed by atoms with E-state index in [0.29, 0.717) is 42.7 Å². The highest BCUT2D eigenvalue weighted by Crippen LogP contribution is 2.22. The Morgan fingerprint density at radius 2 is 2.12 bits per heavy atom. The first kappa shape index (κ1) is 21.5. The molecule has 0 aliphatic carbocycles. The van der Waals surface area contributed by atoms with Gasteiger partial charge in [-0.05, 0) is 31.0 Å². The van der Waals surface area contributed by atoms with E-state index in [0.717, 1.165) is 12.8 Å². The molecule has 3 aromatic rings. The number of nitrogens with one attached hydrogen (secondary N) is 1. The Morgan fingerprint density at radius 1 is 1.31 bits per heavy atom. The lowest BCUT2D eigenvalue weighted by Crippen LogP contribution is -2.30. The normalized spacial score (nSPS) is 12.8. The number of amides is 1. The van der Waals surface area contributed by atoms with Crippen molar-refractivity contribution in [1.29, 1.82) is 0 Å². The summed E-state index contributed by atoms with van der Waals surface area (Å²) in [4.78, 5) is 35.7. The maximum absolute atomic E-state index is 13.8. The number of nitrogens with zero attached hydrogens (tertiary/aromatic N) is 6. The Morgan fingerprint density at radius 3 is 2.84 bits per heavy atom. The predicted molar refractivity (Wildman–Crippen MR) is 115 cm³/mol. The smallest absolute Gasteiger partial charge is 0.298 e. The number of rotatable bonds is 7. The van der Waals surface area contributed by atoms with Gasteiger partial charge in [-0.25, -0.2) is 19.0 Å².